The van der Waals surface area contributed by atoms with Crippen molar-refractivity contribution in [1.82, 2.24) is 4.98 Å². The molecule has 3 aromatic rings. The van der Waals surface area contributed by atoms with Crippen LogP contribution in [0.15, 0.2) is 47.8 Å². The van der Waals surface area contributed by atoms with Crippen LogP contribution < -0.4 is 10.2 Å². The molecule has 28 heavy (non-hydrogen) atoms. The minimum absolute atomic E-state index is 0.250. The summed E-state index contributed by atoms with van der Waals surface area (Å²) in [5.74, 6) is -1.33. The Hall–Kier alpha value is -2.61. The van der Waals surface area contributed by atoms with Crippen LogP contribution in [0.1, 0.15) is 18.4 Å². The normalized spacial score (nSPS) is 14.5. The van der Waals surface area contributed by atoms with E-state index in [1.54, 1.807) is 5.38 Å². The van der Waals surface area contributed by atoms with Gasteiger partial charge in [-0.05, 0) is 37.1 Å². The first-order valence-corrected chi connectivity index (χ1v) is 9.73. The molecule has 1 fully saturated rings. The van der Waals surface area contributed by atoms with Gasteiger partial charge in [-0.2, -0.15) is 13.2 Å². The predicted molar refractivity (Wildman–Crippen MR) is 104 cm³/mol. The van der Waals surface area contributed by atoms with E-state index in [0.29, 0.717) is 10.8 Å². The van der Waals surface area contributed by atoms with Crippen LogP contribution in [0.4, 0.5) is 34.1 Å². The van der Waals surface area contributed by atoms with Gasteiger partial charge >= 0.3 is 6.18 Å². The summed E-state index contributed by atoms with van der Waals surface area (Å²) in [5, 5.41) is 4.78. The van der Waals surface area contributed by atoms with E-state index < -0.39 is 17.6 Å². The number of nitrogens with zero attached hydrogens (tertiary/aromatic N) is 2. The van der Waals surface area contributed by atoms with Crippen molar-refractivity contribution in [3.8, 4) is 11.3 Å². The predicted octanol–water partition coefficient (Wildman–Crippen LogP) is 6.31. The number of thiazole rings is 1. The molecule has 146 valence electrons. The van der Waals surface area contributed by atoms with E-state index in [9.17, 15) is 17.6 Å². The van der Waals surface area contributed by atoms with E-state index in [2.05, 4.69) is 15.2 Å². The van der Waals surface area contributed by atoms with Gasteiger partial charge in [0.25, 0.3) is 0 Å². The monoisotopic (exact) mass is 407 g/mol. The molecule has 1 N–H and O–H groups in total. The maximum Gasteiger partial charge on any atom is 0.419 e. The molecule has 2 heterocycles. The van der Waals surface area contributed by atoms with Crippen molar-refractivity contribution < 1.29 is 17.6 Å². The molecule has 0 aliphatic carbocycles. The van der Waals surface area contributed by atoms with Gasteiger partial charge in [-0.25, -0.2) is 9.37 Å². The van der Waals surface area contributed by atoms with Crippen molar-refractivity contribution in [3.63, 3.8) is 0 Å². The minimum Gasteiger partial charge on any atom is -0.372 e. The van der Waals surface area contributed by atoms with Crippen molar-refractivity contribution in [2.45, 2.75) is 19.0 Å². The van der Waals surface area contributed by atoms with Gasteiger partial charge in [-0.15, -0.1) is 11.3 Å². The van der Waals surface area contributed by atoms with Crippen LogP contribution in [0.2, 0.25) is 0 Å². The molecule has 3 nitrogen and oxygen atoms in total. The second kappa shape index (κ2) is 7.43. The van der Waals surface area contributed by atoms with Gasteiger partial charge in [0.15, 0.2) is 10.9 Å². The van der Waals surface area contributed by atoms with Crippen LogP contribution >= 0.6 is 11.3 Å². The molecule has 0 amide bonds. The van der Waals surface area contributed by atoms with Crippen LogP contribution in [0, 0.1) is 5.82 Å². The highest BCUT2D eigenvalue weighted by molar-refractivity contribution is 7.14. The Morgan fingerprint density at radius 3 is 2.39 bits per heavy atom. The Labute approximate surface area is 163 Å². The second-order valence-corrected chi connectivity index (χ2v) is 7.43. The molecule has 0 spiro atoms. The minimum atomic E-state index is -4.74. The molecule has 0 atom stereocenters. The third-order valence-electron chi connectivity index (χ3n) is 4.68. The lowest BCUT2D eigenvalue weighted by Gasteiger charge is -2.17. The van der Waals surface area contributed by atoms with Gasteiger partial charge in [-0.1, -0.05) is 18.2 Å². The van der Waals surface area contributed by atoms with E-state index in [4.69, 9.17) is 0 Å². The van der Waals surface area contributed by atoms with Gasteiger partial charge in [0.05, 0.1) is 16.9 Å². The molecule has 8 heteroatoms. The smallest absolute Gasteiger partial charge is 0.372 e. The van der Waals surface area contributed by atoms with Crippen molar-refractivity contribution in [2.75, 3.05) is 23.3 Å². The summed E-state index contributed by atoms with van der Waals surface area (Å²) in [4.78, 5) is 6.71. The van der Waals surface area contributed by atoms with E-state index in [1.165, 1.54) is 42.0 Å². The number of halogens is 4. The number of benzene rings is 2. The van der Waals surface area contributed by atoms with Crippen LogP contribution in [0.25, 0.3) is 11.3 Å². The molecule has 0 bridgehead atoms. The molecule has 1 aliphatic rings. The quantitative estimate of drug-likeness (QED) is 0.514. The number of alkyl halides is 3. The number of nitrogens with one attached hydrogen (secondary N) is 1. The summed E-state index contributed by atoms with van der Waals surface area (Å²) < 4.78 is 52.7. The van der Waals surface area contributed by atoms with Gasteiger partial charge in [0, 0.05) is 29.7 Å². The molecule has 0 unspecified atom stereocenters. The number of hydrogen-bond acceptors (Lipinski definition) is 4. The molecule has 0 saturated carbocycles. The van der Waals surface area contributed by atoms with Crippen LogP contribution in [0.5, 0.6) is 0 Å². The Morgan fingerprint density at radius 1 is 1.00 bits per heavy atom. The number of hydrogen-bond donors (Lipinski definition) is 1. The summed E-state index contributed by atoms with van der Waals surface area (Å²) in [7, 11) is 0. The van der Waals surface area contributed by atoms with E-state index in [-0.39, 0.29) is 5.69 Å². The van der Waals surface area contributed by atoms with Crippen molar-refractivity contribution in [2.24, 2.45) is 0 Å². The van der Waals surface area contributed by atoms with E-state index in [0.717, 1.165) is 24.7 Å². The maximum atomic E-state index is 14.2. The molecule has 2 aromatic carbocycles. The molecule has 1 saturated heterocycles. The van der Waals surface area contributed by atoms with E-state index in [1.807, 2.05) is 24.3 Å². The fourth-order valence-corrected chi connectivity index (χ4v) is 3.98. The Bertz CT molecular complexity index is 960. The van der Waals surface area contributed by atoms with Gasteiger partial charge < -0.3 is 10.2 Å². The lowest BCUT2D eigenvalue weighted by Crippen LogP contribution is -2.17. The van der Waals surface area contributed by atoms with Crippen LogP contribution in [-0.4, -0.2) is 18.1 Å². The highest BCUT2D eigenvalue weighted by Crippen LogP contribution is 2.35. The summed E-state index contributed by atoms with van der Waals surface area (Å²) in [6.45, 7) is 2.12. The Balaban J connectivity index is 1.52. The number of aromatic nitrogens is 1. The molecule has 1 aromatic heterocycles. The summed E-state index contributed by atoms with van der Waals surface area (Å²) in [6, 6.07) is 11.2. The standard InChI is InChI=1S/C20H17F4N3S/c21-18-15(20(22,23)24)4-3-5-16(18)25-19-26-17(12-28-19)13-6-8-14(9-7-13)27-10-1-2-11-27/h3-9,12H,1-2,10-11H2,(H,25,26). The molecule has 1 aliphatic heterocycles. The topological polar surface area (TPSA) is 28.2 Å². The Morgan fingerprint density at radius 2 is 1.71 bits per heavy atom. The highest BCUT2D eigenvalue weighted by Gasteiger charge is 2.35. The zero-order valence-electron chi connectivity index (χ0n) is 14.8. The van der Waals surface area contributed by atoms with Crippen LogP contribution in [-0.2, 0) is 6.18 Å². The molecular formula is C20H17F4N3S. The van der Waals surface area contributed by atoms with E-state index >= 15 is 0 Å². The summed E-state index contributed by atoms with van der Waals surface area (Å²) >= 11 is 1.21. The van der Waals surface area contributed by atoms with Gasteiger partial charge in [-0.3, -0.25) is 0 Å². The zero-order chi connectivity index (χ0) is 19.7. The third-order valence-corrected chi connectivity index (χ3v) is 5.44. The Kier molecular flexibility index (Phi) is 4.97. The van der Waals surface area contributed by atoms with Crippen LogP contribution in [0.3, 0.4) is 0 Å². The lowest BCUT2D eigenvalue weighted by molar-refractivity contribution is -0.139. The fraction of sp³-hybridized carbons (Fsp3) is 0.250. The first kappa shape index (κ1) is 18.7. The highest BCUT2D eigenvalue weighted by atomic mass is 32.1. The van der Waals surface area contributed by atoms with Gasteiger partial charge in [0.2, 0.25) is 0 Å². The summed E-state index contributed by atoms with van der Waals surface area (Å²) in [6.07, 6.45) is -2.34. The fourth-order valence-electron chi connectivity index (χ4n) is 3.24. The average Bonchev–Trinajstić information content (AvgIpc) is 3.35. The molecule has 4 rings (SSSR count). The summed E-state index contributed by atoms with van der Waals surface area (Å²) in [5.41, 5.74) is 1.21. The molecular weight excluding hydrogens is 390 g/mol. The maximum absolute atomic E-state index is 14.2. The largest absolute Gasteiger partial charge is 0.419 e. The van der Waals surface area contributed by atoms with Gasteiger partial charge in [0.1, 0.15) is 0 Å². The zero-order valence-corrected chi connectivity index (χ0v) is 15.6. The van der Waals surface area contributed by atoms with Crippen molar-refractivity contribution in [3.05, 3.63) is 59.2 Å². The number of rotatable bonds is 4. The lowest BCUT2D eigenvalue weighted by atomic mass is 10.1. The number of anilines is 3. The first-order chi connectivity index (χ1) is 13.4. The van der Waals surface area contributed by atoms with Crippen molar-refractivity contribution >= 4 is 27.8 Å². The SMILES string of the molecule is Fc1c(Nc2nc(-c3ccc(N4CCCC4)cc3)cs2)cccc1C(F)(F)F. The molecule has 0 radical (unpaired) electrons. The second-order valence-electron chi connectivity index (χ2n) is 6.57. The average molecular weight is 407 g/mol. The van der Waals surface area contributed by atoms with Crippen molar-refractivity contribution in [1.29, 1.82) is 0 Å². The first-order valence-electron chi connectivity index (χ1n) is 8.85. The third kappa shape index (κ3) is 3.82.